The van der Waals surface area contributed by atoms with Crippen molar-refractivity contribution >= 4 is 40.7 Å². The van der Waals surface area contributed by atoms with E-state index in [-0.39, 0.29) is 6.03 Å². The van der Waals surface area contributed by atoms with Crippen LogP contribution in [0, 0.1) is 0 Å². The Hall–Kier alpha value is -3.57. The van der Waals surface area contributed by atoms with Crippen molar-refractivity contribution in [2.45, 2.75) is 9.79 Å². The van der Waals surface area contributed by atoms with Gasteiger partial charge in [-0.3, -0.25) is 4.90 Å². The summed E-state index contributed by atoms with van der Waals surface area (Å²) in [7, 11) is 0. The molecule has 0 saturated carbocycles. The Kier molecular flexibility index (Phi) is 4.50. The molecule has 5 heteroatoms. The normalized spacial score (nSPS) is 12.1. The molecule has 1 aliphatic heterocycles. The second kappa shape index (κ2) is 7.45. The summed E-state index contributed by atoms with van der Waals surface area (Å²) in [6.45, 7) is 0. The van der Waals surface area contributed by atoms with Crippen molar-refractivity contribution in [1.29, 1.82) is 0 Å². The van der Waals surface area contributed by atoms with Gasteiger partial charge in [0.15, 0.2) is 5.82 Å². The number of benzene rings is 3. The number of carbonyl (C=O) groups is 1. The Morgan fingerprint density at radius 3 is 2.00 bits per heavy atom. The summed E-state index contributed by atoms with van der Waals surface area (Å²) in [5.74, 6) is 0.651. The molecule has 0 aliphatic carbocycles. The summed E-state index contributed by atoms with van der Waals surface area (Å²) in [5, 5.41) is 0. The summed E-state index contributed by atoms with van der Waals surface area (Å²) in [4.78, 5) is 24.0. The van der Waals surface area contributed by atoms with E-state index in [1.807, 2.05) is 97.1 Å². The van der Waals surface area contributed by atoms with E-state index in [1.54, 1.807) is 27.8 Å². The molecule has 0 fully saturated rings. The molecule has 1 aliphatic rings. The summed E-state index contributed by atoms with van der Waals surface area (Å²) >= 11 is 1.63. The number of carbonyl (C=O) groups excluding carboxylic acids is 1. The fourth-order valence-electron chi connectivity index (χ4n) is 3.41. The Morgan fingerprint density at radius 1 is 0.724 bits per heavy atom. The number of aromatic nitrogens is 1. The third-order valence-electron chi connectivity index (χ3n) is 4.70. The first-order chi connectivity index (χ1) is 14.3. The minimum Gasteiger partial charge on any atom is -0.262 e. The van der Waals surface area contributed by atoms with E-state index in [9.17, 15) is 4.79 Å². The van der Waals surface area contributed by atoms with Gasteiger partial charge >= 0.3 is 6.03 Å². The molecule has 4 nitrogen and oxygen atoms in total. The molecule has 0 unspecified atom stereocenters. The minimum absolute atomic E-state index is 0.171. The average molecular weight is 395 g/mol. The molecule has 2 amide bonds. The zero-order valence-corrected chi connectivity index (χ0v) is 16.3. The fourth-order valence-corrected chi connectivity index (χ4v) is 4.44. The summed E-state index contributed by atoms with van der Waals surface area (Å²) in [6.07, 6.45) is 1.73. The van der Waals surface area contributed by atoms with Gasteiger partial charge in [-0.25, -0.2) is 14.7 Å². The molecule has 1 aromatic heterocycles. The van der Waals surface area contributed by atoms with Crippen molar-refractivity contribution in [3.63, 3.8) is 0 Å². The first-order valence-corrected chi connectivity index (χ1v) is 10.1. The topological polar surface area (TPSA) is 36.4 Å². The van der Waals surface area contributed by atoms with Crippen LogP contribution in [-0.2, 0) is 0 Å². The van der Waals surface area contributed by atoms with Crippen LogP contribution in [0.3, 0.4) is 0 Å². The van der Waals surface area contributed by atoms with E-state index < -0.39 is 0 Å². The van der Waals surface area contributed by atoms with Crippen LogP contribution in [0.4, 0.5) is 27.7 Å². The molecule has 5 rings (SSSR count). The molecule has 29 heavy (non-hydrogen) atoms. The Balaban J connectivity index is 1.69. The maximum atomic E-state index is 14.0. The van der Waals surface area contributed by atoms with E-state index >= 15 is 0 Å². The lowest BCUT2D eigenvalue weighted by atomic mass is 10.2. The number of hydrogen-bond acceptors (Lipinski definition) is 3. The highest BCUT2D eigenvalue weighted by atomic mass is 32.2. The van der Waals surface area contributed by atoms with Gasteiger partial charge < -0.3 is 0 Å². The summed E-state index contributed by atoms with van der Waals surface area (Å²) in [6, 6.07) is 31.0. The highest BCUT2D eigenvalue weighted by Crippen LogP contribution is 2.47. The van der Waals surface area contributed by atoms with Crippen molar-refractivity contribution in [3.05, 3.63) is 103 Å². The van der Waals surface area contributed by atoms with Crippen LogP contribution < -0.4 is 9.80 Å². The predicted octanol–water partition coefficient (Wildman–Crippen LogP) is 6.64. The molecule has 0 N–H and O–H groups in total. The second-order valence-corrected chi connectivity index (χ2v) is 7.60. The van der Waals surface area contributed by atoms with Crippen molar-refractivity contribution in [2.24, 2.45) is 0 Å². The van der Waals surface area contributed by atoms with Gasteiger partial charge in [0, 0.05) is 11.1 Å². The van der Waals surface area contributed by atoms with Crippen molar-refractivity contribution in [2.75, 3.05) is 9.80 Å². The number of hydrogen-bond donors (Lipinski definition) is 0. The van der Waals surface area contributed by atoms with E-state index in [4.69, 9.17) is 0 Å². The molecule has 140 valence electrons. The maximum absolute atomic E-state index is 14.0. The van der Waals surface area contributed by atoms with Gasteiger partial charge in [-0.05, 0) is 48.5 Å². The number of urea groups is 1. The molecule has 0 radical (unpaired) electrons. The molecular formula is C24H17N3OS. The number of anilines is 4. The maximum Gasteiger partial charge on any atom is 0.339 e. The predicted molar refractivity (Wildman–Crippen MR) is 117 cm³/mol. The lowest BCUT2D eigenvalue weighted by Gasteiger charge is -2.34. The fraction of sp³-hybridized carbons (Fsp3) is 0. The lowest BCUT2D eigenvalue weighted by molar-refractivity contribution is 0.255. The molecule has 3 aromatic carbocycles. The van der Waals surface area contributed by atoms with Gasteiger partial charge in [0.25, 0.3) is 0 Å². The molecule has 0 spiro atoms. The van der Waals surface area contributed by atoms with Crippen LogP contribution in [0.2, 0.25) is 0 Å². The van der Waals surface area contributed by atoms with Gasteiger partial charge in [0.1, 0.15) is 0 Å². The number of fused-ring (bicyclic) bond motifs is 2. The van der Waals surface area contributed by atoms with Crippen LogP contribution in [0.1, 0.15) is 0 Å². The van der Waals surface area contributed by atoms with Gasteiger partial charge in [-0.2, -0.15) is 0 Å². The first kappa shape index (κ1) is 17.5. The van der Waals surface area contributed by atoms with Crippen LogP contribution in [-0.4, -0.2) is 11.0 Å². The van der Waals surface area contributed by atoms with Crippen LogP contribution in [0.25, 0.3) is 0 Å². The lowest BCUT2D eigenvalue weighted by Crippen LogP contribution is -2.39. The second-order valence-electron chi connectivity index (χ2n) is 6.52. The molecule has 0 bridgehead atoms. The third kappa shape index (κ3) is 3.15. The minimum atomic E-state index is -0.171. The number of nitrogens with zero attached hydrogens (tertiary/aromatic N) is 3. The zero-order chi connectivity index (χ0) is 19.6. The summed E-state index contributed by atoms with van der Waals surface area (Å²) in [5.41, 5.74) is 2.44. The Labute approximate surface area is 173 Å². The van der Waals surface area contributed by atoms with E-state index in [0.717, 1.165) is 26.9 Å². The molecule has 0 atom stereocenters. The number of para-hydroxylation sites is 3. The molecule has 4 aromatic rings. The Bertz CT molecular complexity index is 1080. The smallest absolute Gasteiger partial charge is 0.262 e. The van der Waals surface area contributed by atoms with Gasteiger partial charge in [-0.1, -0.05) is 60.3 Å². The van der Waals surface area contributed by atoms with Gasteiger partial charge in [0.2, 0.25) is 0 Å². The van der Waals surface area contributed by atoms with Crippen LogP contribution in [0.15, 0.2) is 113 Å². The molecule has 0 saturated heterocycles. The number of rotatable bonds is 2. The van der Waals surface area contributed by atoms with E-state index in [2.05, 4.69) is 4.98 Å². The van der Waals surface area contributed by atoms with Crippen molar-refractivity contribution in [1.82, 2.24) is 4.98 Å². The highest BCUT2D eigenvalue weighted by Gasteiger charge is 2.33. The average Bonchev–Trinajstić information content (AvgIpc) is 2.79. The van der Waals surface area contributed by atoms with Crippen molar-refractivity contribution < 1.29 is 4.79 Å². The standard InChI is InChI=1S/C24H17N3OS/c28-24(26(18-10-3-1-4-11-18)19-12-5-2-6-13-19)27-20-14-7-8-15-21(20)29-22-16-9-17-25-23(22)27/h1-17H. The number of amides is 2. The third-order valence-corrected chi connectivity index (χ3v) is 5.80. The highest BCUT2D eigenvalue weighted by molar-refractivity contribution is 7.99. The largest absolute Gasteiger partial charge is 0.339 e. The first-order valence-electron chi connectivity index (χ1n) is 9.29. The van der Waals surface area contributed by atoms with Crippen LogP contribution >= 0.6 is 11.8 Å². The number of pyridine rings is 1. The van der Waals surface area contributed by atoms with E-state index in [1.165, 1.54) is 0 Å². The van der Waals surface area contributed by atoms with E-state index in [0.29, 0.717) is 5.82 Å². The van der Waals surface area contributed by atoms with Gasteiger partial charge in [-0.15, -0.1) is 0 Å². The summed E-state index contributed by atoms with van der Waals surface area (Å²) < 4.78 is 0. The molecular weight excluding hydrogens is 378 g/mol. The quantitative estimate of drug-likeness (QED) is 0.382. The SMILES string of the molecule is O=C(N(c1ccccc1)c1ccccc1)N1c2ccccc2Sc2cccnc21. The van der Waals surface area contributed by atoms with Crippen LogP contribution in [0.5, 0.6) is 0 Å². The van der Waals surface area contributed by atoms with Crippen molar-refractivity contribution in [3.8, 4) is 0 Å². The Morgan fingerprint density at radius 2 is 1.31 bits per heavy atom. The van der Waals surface area contributed by atoms with Gasteiger partial charge in [0.05, 0.1) is 22.0 Å². The zero-order valence-electron chi connectivity index (χ0n) is 15.5. The molecule has 2 heterocycles. The monoisotopic (exact) mass is 395 g/mol.